The average Bonchev–Trinajstić information content (AvgIpc) is 3.02. The fraction of sp³-hybridized carbons (Fsp3) is 0.571. The van der Waals surface area contributed by atoms with Crippen molar-refractivity contribution < 1.29 is 0 Å². The third-order valence-electron chi connectivity index (χ3n) is 3.44. The summed E-state index contributed by atoms with van der Waals surface area (Å²) >= 11 is 0. The first-order valence-corrected chi connectivity index (χ1v) is 5.97. The second-order valence-electron chi connectivity index (χ2n) is 4.92. The molecule has 0 bridgehead atoms. The zero-order valence-corrected chi connectivity index (χ0v) is 10.0. The van der Waals surface area contributed by atoms with E-state index in [4.69, 9.17) is 0 Å². The number of nitrogens with one attached hydrogen (secondary N) is 1. The van der Waals surface area contributed by atoms with Crippen molar-refractivity contribution in [2.24, 2.45) is 5.92 Å². The predicted molar refractivity (Wildman–Crippen MR) is 65.1 cm³/mol. The molecule has 1 N–H and O–H groups in total. The van der Waals surface area contributed by atoms with Gasteiger partial charge in [0.1, 0.15) is 0 Å². The van der Waals surface area contributed by atoms with Crippen LogP contribution in [-0.2, 0) is 0 Å². The molecule has 0 aliphatic heterocycles. The molecule has 0 unspecified atom stereocenters. The molecule has 0 spiro atoms. The maximum atomic E-state index is 3.61. The summed E-state index contributed by atoms with van der Waals surface area (Å²) in [7, 11) is 0. The monoisotopic (exact) mass is 203 g/mol. The SMILES string of the molecule is Cc1ccc([C@@H](C)NCC2CC2)cc1C. The molecular formula is C14H21N. The van der Waals surface area contributed by atoms with Gasteiger partial charge in [0, 0.05) is 6.04 Å². The summed E-state index contributed by atoms with van der Waals surface area (Å²) in [5.74, 6) is 0.957. The molecule has 1 aliphatic rings. The second-order valence-corrected chi connectivity index (χ2v) is 4.92. The molecule has 1 atom stereocenters. The highest BCUT2D eigenvalue weighted by atomic mass is 14.9. The topological polar surface area (TPSA) is 12.0 Å². The Bertz CT molecular complexity index is 339. The molecule has 1 heteroatoms. The van der Waals surface area contributed by atoms with E-state index in [1.807, 2.05) is 0 Å². The minimum atomic E-state index is 0.491. The molecule has 0 amide bonds. The summed E-state index contributed by atoms with van der Waals surface area (Å²) in [4.78, 5) is 0. The standard InChI is InChI=1S/C14H21N/c1-10-4-7-14(8-11(10)2)12(3)15-9-13-5-6-13/h4,7-8,12-13,15H,5-6,9H2,1-3H3/t12-/m1/s1. The van der Waals surface area contributed by atoms with Crippen LogP contribution in [0, 0.1) is 19.8 Å². The molecule has 1 saturated carbocycles. The van der Waals surface area contributed by atoms with Gasteiger partial charge in [0.15, 0.2) is 0 Å². The van der Waals surface area contributed by atoms with Crippen LogP contribution < -0.4 is 5.32 Å². The van der Waals surface area contributed by atoms with Crippen molar-refractivity contribution in [3.05, 3.63) is 34.9 Å². The van der Waals surface area contributed by atoms with E-state index in [1.165, 1.54) is 36.1 Å². The van der Waals surface area contributed by atoms with E-state index in [-0.39, 0.29) is 0 Å². The second kappa shape index (κ2) is 4.36. The number of hydrogen-bond acceptors (Lipinski definition) is 1. The Morgan fingerprint density at radius 1 is 1.27 bits per heavy atom. The van der Waals surface area contributed by atoms with Crippen LogP contribution in [0.15, 0.2) is 18.2 Å². The molecule has 0 aromatic heterocycles. The summed E-state index contributed by atoms with van der Waals surface area (Å²) in [5.41, 5.74) is 4.19. The molecule has 0 saturated heterocycles. The van der Waals surface area contributed by atoms with E-state index < -0.39 is 0 Å². The van der Waals surface area contributed by atoms with Gasteiger partial charge in [-0.3, -0.25) is 0 Å². The van der Waals surface area contributed by atoms with Gasteiger partial charge in [-0.15, -0.1) is 0 Å². The number of hydrogen-bond donors (Lipinski definition) is 1. The molecule has 82 valence electrons. The van der Waals surface area contributed by atoms with E-state index in [9.17, 15) is 0 Å². The van der Waals surface area contributed by atoms with Gasteiger partial charge in [0.05, 0.1) is 0 Å². The lowest BCUT2D eigenvalue weighted by Gasteiger charge is -2.15. The maximum Gasteiger partial charge on any atom is 0.0292 e. The molecule has 1 aliphatic carbocycles. The number of aryl methyl sites for hydroxylation is 2. The van der Waals surface area contributed by atoms with Crippen LogP contribution >= 0.6 is 0 Å². The van der Waals surface area contributed by atoms with Gasteiger partial charge in [-0.05, 0) is 62.8 Å². The van der Waals surface area contributed by atoms with Gasteiger partial charge in [0.2, 0.25) is 0 Å². The van der Waals surface area contributed by atoms with E-state index >= 15 is 0 Å². The van der Waals surface area contributed by atoms with E-state index in [1.54, 1.807) is 0 Å². The Morgan fingerprint density at radius 2 is 2.00 bits per heavy atom. The van der Waals surface area contributed by atoms with E-state index in [2.05, 4.69) is 44.3 Å². The average molecular weight is 203 g/mol. The fourth-order valence-electron chi connectivity index (χ4n) is 1.82. The molecule has 1 nitrogen and oxygen atoms in total. The van der Waals surface area contributed by atoms with Gasteiger partial charge in [-0.25, -0.2) is 0 Å². The first kappa shape index (κ1) is 10.7. The van der Waals surface area contributed by atoms with Gasteiger partial charge < -0.3 is 5.32 Å². The minimum Gasteiger partial charge on any atom is -0.310 e. The molecule has 1 aromatic carbocycles. The molecule has 15 heavy (non-hydrogen) atoms. The zero-order chi connectivity index (χ0) is 10.8. The lowest BCUT2D eigenvalue weighted by molar-refractivity contribution is 0.548. The van der Waals surface area contributed by atoms with Crippen molar-refractivity contribution in [1.29, 1.82) is 0 Å². The van der Waals surface area contributed by atoms with Crippen LogP contribution in [0.2, 0.25) is 0 Å². The highest BCUT2D eigenvalue weighted by Crippen LogP contribution is 2.28. The Balaban J connectivity index is 1.97. The van der Waals surface area contributed by atoms with Crippen molar-refractivity contribution >= 4 is 0 Å². The normalized spacial score (nSPS) is 17.8. The van der Waals surface area contributed by atoms with Gasteiger partial charge in [0.25, 0.3) is 0 Å². The third kappa shape index (κ3) is 2.82. The lowest BCUT2D eigenvalue weighted by atomic mass is 10.0. The van der Waals surface area contributed by atoms with Crippen LogP contribution in [-0.4, -0.2) is 6.54 Å². The van der Waals surface area contributed by atoms with Crippen LogP contribution in [0.4, 0.5) is 0 Å². The van der Waals surface area contributed by atoms with Gasteiger partial charge in [-0.1, -0.05) is 18.2 Å². The molecular weight excluding hydrogens is 182 g/mol. The van der Waals surface area contributed by atoms with Crippen LogP contribution in [0.5, 0.6) is 0 Å². The van der Waals surface area contributed by atoms with Crippen LogP contribution in [0.1, 0.15) is 42.5 Å². The summed E-state index contributed by atoms with van der Waals surface area (Å²) < 4.78 is 0. The minimum absolute atomic E-state index is 0.491. The van der Waals surface area contributed by atoms with Crippen molar-refractivity contribution in [2.45, 2.75) is 39.7 Å². The molecule has 0 radical (unpaired) electrons. The van der Waals surface area contributed by atoms with E-state index in [0.29, 0.717) is 6.04 Å². The van der Waals surface area contributed by atoms with E-state index in [0.717, 1.165) is 5.92 Å². The van der Waals surface area contributed by atoms with Crippen molar-refractivity contribution in [3.63, 3.8) is 0 Å². The summed E-state index contributed by atoms with van der Waals surface area (Å²) in [6.45, 7) is 7.80. The predicted octanol–water partition coefficient (Wildman–Crippen LogP) is 3.36. The Morgan fingerprint density at radius 3 is 2.60 bits per heavy atom. The van der Waals surface area contributed by atoms with Crippen LogP contribution in [0.25, 0.3) is 0 Å². The Kier molecular flexibility index (Phi) is 3.11. The lowest BCUT2D eigenvalue weighted by Crippen LogP contribution is -2.21. The first-order chi connectivity index (χ1) is 7.16. The molecule has 1 fully saturated rings. The number of benzene rings is 1. The summed E-state index contributed by atoms with van der Waals surface area (Å²) in [5, 5.41) is 3.61. The highest BCUT2D eigenvalue weighted by Gasteiger charge is 2.21. The largest absolute Gasteiger partial charge is 0.310 e. The Labute approximate surface area is 92.9 Å². The van der Waals surface area contributed by atoms with Crippen LogP contribution in [0.3, 0.4) is 0 Å². The fourth-order valence-corrected chi connectivity index (χ4v) is 1.82. The molecule has 2 rings (SSSR count). The highest BCUT2D eigenvalue weighted by molar-refractivity contribution is 5.31. The Hall–Kier alpha value is -0.820. The maximum absolute atomic E-state index is 3.61. The number of rotatable bonds is 4. The zero-order valence-electron chi connectivity index (χ0n) is 10.0. The van der Waals surface area contributed by atoms with Gasteiger partial charge in [-0.2, -0.15) is 0 Å². The van der Waals surface area contributed by atoms with Crippen molar-refractivity contribution in [2.75, 3.05) is 6.54 Å². The summed E-state index contributed by atoms with van der Waals surface area (Å²) in [6, 6.07) is 7.26. The molecule has 1 aromatic rings. The van der Waals surface area contributed by atoms with Crippen molar-refractivity contribution in [3.8, 4) is 0 Å². The van der Waals surface area contributed by atoms with Gasteiger partial charge >= 0.3 is 0 Å². The quantitative estimate of drug-likeness (QED) is 0.791. The third-order valence-corrected chi connectivity index (χ3v) is 3.44. The van der Waals surface area contributed by atoms with Crippen molar-refractivity contribution in [1.82, 2.24) is 5.32 Å². The smallest absolute Gasteiger partial charge is 0.0292 e. The summed E-state index contributed by atoms with van der Waals surface area (Å²) in [6.07, 6.45) is 2.85. The first-order valence-electron chi connectivity index (χ1n) is 5.97. The molecule has 0 heterocycles.